The standard InChI is InChI=1S/C16H18BrNO2/c17-14-8-4-7-13(9-14)16(20)11-18-10-15(19)12-5-2-1-3-6-12/h1-9,15-16,18-20H,10-11H2. The summed E-state index contributed by atoms with van der Waals surface area (Å²) in [5.41, 5.74) is 1.72. The first-order valence-corrected chi connectivity index (χ1v) is 7.33. The zero-order chi connectivity index (χ0) is 14.4. The number of aliphatic hydroxyl groups is 2. The highest BCUT2D eigenvalue weighted by Crippen LogP contribution is 2.18. The zero-order valence-electron chi connectivity index (χ0n) is 11.0. The Labute approximate surface area is 127 Å². The summed E-state index contributed by atoms with van der Waals surface area (Å²) in [6, 6.07) is 17.1. The minimum atomic E-state index is -0.588. The van der Waals surface area contributed by atoms with Crippen molar-refractivity contribution in [3.8, 4) is 0 Å². The fourth-order valence-corrected chi connectivity index (χ4v) is 2.40. The summed E-state index contributed by atoms with van der Waals surface area (Å²) >= 11 is 3.38. The van der Waals surface area contributed by atoms with Gasteiger partial charge in [-0.25, -0.2) is 0 Å². The number of halogens is 1. The van der Waals surface area contributed by atoms with Crippen molar-refractivity contribution in [3.05, 3.63) is 70.2 Å². The molecule has 0 bridgehead atoms. The van der Waals surface area contributed by atoms with E-state index in [9.17, 15) is 10.2 Å². The quantitative estimate of drug-likeness (QED) is 0.760. The van der Waals surface area contributed by atoms with Crippen LogP contribution in [0.15, 0.2) is 59.1 Å². The molecule has 2 aromatic carbocycles. The molecule has 2 atom stereocenters. The average molecular weight is 336 g/mol. The van der Waals surface area contributed by atoms with Gasteiger partial charge < -0.3 is 15.5 Å². The molecule has 0 fully saturated rings. The molecule has 20 heavy (non-hydrogen) atoms. The lowest BCUT2D eigenvalue weighted by molar-refractivity contribution is 0.147. The van der Waals surface area contributed by atoms with Crippen LogP contribution >= 0.6 is 15.9 Å². The van der Waals surface area contributed by atoms with E-state index in [1.54, 1.807) is 0 Å². The summed E-state index contributed by atoms with van der Waals surface area (Å²) in [6.45, 7) is 0.815. The topological polar surface area (TPSA) is 52.5 Å². The first-order chi connectivity index (χ1) is 9.66. The van der Waals surface area contributed by atoms with Crippen molar-refractivity contribution in [1.82, 2.24) is 5.32 Å². The van der Waals surface area contributed by atoms with Crippen molar-refractivity contribution >= 4 is 15.9 Å². The van der Waals surface area contributed by atoms with E-state index in [0.29, 0.717) is 13.1 Å². The van der Waals surface area contributed by atoms with E-state index in [2.05, 4.69) is 21.2 Å². The van der Waals surface area contributed by atoms with Crippen LogP contribution in [0.5, 0.6) is 0 Å². The van der Waals surface area contributed by atoms with Gasteiger partial charge in [-0.1, -0.05) is 58.4 Å². The van der Waals surface area contributed by atoms with Gasteiger partial charge in [0.05, 0.1) is 12.2 Å². The Hall–Kier alpha value is -1.20. The first-order valence-electron chi connectivity index (χ1n) is 6.54. The minimum Gasteiger partial charge on any atom is -0.387 e. The van der Waals surface area contributed by atoms with Gasteiger partial charge in [0.2, 0.25) is 0 Å². The molecule has 0 aromatic heterocycles. The second-order valence-electron chi connectivity index (χ2n) is 4.66. The molecule has 0 amide bonds. The third-order valence-corrected chi connectivity index (χ3v) is 3.59. The zero-order valence-corrected chi connectivity index (χ0v) is 12.6. The molecule has 0 radical (unpaired) electrons. The van der Waals surface area contributed by atoms with Gasteiger partial charge in [-0.3, -0.25) is 0 Å². The summed E-state index contributed by atoms with van der Waals surface area (Å²) in [6.07, 6.45) is -1.15. The lowest BCUT2D eigenvalue weighted by atomic mass is 10.1. The van der Waals surface area contributed by atoms with Crippen LogP contribution in [0.25, 0.3) is 0 Å². The van der Waals surface area contributed by atoms with Crippen molar-refractivity contribution in [1.29, 1.82) is 0 Å². The van der Waals surface area contributed by atoms with Gasteiger partial charge >= 0.3 is 0 Å². The van der Waals surface area contributed by atoms with Gasteiger partial charge in [-0.2, -0.15) is 0 Å². The minimum absolute atomic E-state index is 0.403. The predicted molar refractivity (Wildman–Crippen MR) is 83.4 cm³/mol. The van der Waals surface area contributed by atoms with Crippen molar-refractivity contribution in [2.45, 2.75) is 12.2 Å². The van der Waals surface area contributed by atoms with Crippen LogP contribution in [-0.2, 0) is 0 Å². The molecule has 0 aliphatic rings. The van der Waals surface area contributed by atoms with Gasteiger partial charge in [0.15, 0.2) is 0 Å². The molecule has 0 heterocycles. The lowest BCUT2D eigenvalue weighted by Gasteiger charge is -2.15. The molecule has 2 unspecified atom stereocenters. The lowest BCUT2D eigenvalue weighted by Crippen LogP contribution is -2.26. The maximum atomic E-state index is 10.1. The summed E-state index contributed by atoms with van der Waals surface area (Å²) in [7, 11) is 0. The summed E-state index contributed by atoms with van der Waals surface area (Å²) in [5, 5.41) is 23.1. The van der Waals surface area contributed by atoms with Gasteiger partial charge in [0.1, 0.15) is 0 Å². The predicted octanol–water partition coefficient (Wildman–Crippen LogP) is 2.81. The Kier molecular flexibility index (Phi) is 5.73. The number of hydrogen-bond donors (Lipinski definition) is 3. The summed E-state index contributed by atoms with van der Waals surface area (Å²) < 4.78 is 0.943. The Morgan fingerprint density at radius 3 is 2.10 bits per heavy atom. The van der Waals surface area contributed by atoms with Crippen molar-refractivity contribution in [2.24, 2.45) is 0 Å². The van der Waals surface area contributed by atoms with Gasteiger partial charge in [-0.05, 0) is 23.3 Å². The van der Waals surface area contributed by atoms with E-state index in [0.717, 1.165) is 15.6 Å². The van der Waals surface area contributed by atoms with E-state index >= 15 is 0 Å². The monoisotopic (exact) mass is 335 g/mol. The Bertz CT molecular complexity index is 533. The molecule has 106 valence electrons. The third-order valence-electron chi connectivity index (χ3n) is 3.09. The molecule has 3 nitrogen and oxygen atoms in total. The average Bonchev–Trinajstić information content (AvgIpc) is 2.48. The molecule has 0 aliphatic carbocycles. The molecule has 2 rings (SSSR count). The number of hydrogen-bond acceptors (Lipinski definition) is 3. The largest absolute Gasteiger partial charge is 0.387 e. The highest BCUT2D eigenvalue weighted by Gasteiger charge is 2.10. The normalized spacial score (nSPS) is 13.9. The summed E-state index contributed by atoms with van der Waals surface area (Å²) in [5.74, 6) is 0. The molecule has 0 saturated carbocycles. The fourth-order valence-electron chi connectivity index (χ4n) is 1.98. The van der Waals surface area contributed by atoms with E-state index in [1.807, 2.05) is 54.6 Å². The maximum absolute atomic E-state index is 10.1. The molecule has 0 spiro atoms. The highest BCUT2D eigenvalue weighted by atomic mass is 79.9. The molecule has 3 N–H and O–H groups in total. The highest BCUT2D eigenvalue weighted by molar-refractivity contribution is 9.10. The fraction of sp³-hybridized carbons (Fsp3) is 0.250. The number of rotatable bonds is 6. The second kappa shape index (κ2) is 7.55. The van der Waals surface area contributed by atoms with Gasteiger partial charge in [0, 0.05) is 17.6 Å². The maximum Gasteiger partial charge on any atom is 0.0914 e. The van der Waals surface area contributed by atoms with Crippen LogP contribution in [0, 0.1) is 0 Å². The molecular formula is C16H18BrNO2. The molecule has 0 saturated heterocycles. The van der Waals surface area contributed by atoms with E-state index in [4.69, 9.17) is 0 Å². The second-order valence-corrected chi connectivity index (χ2v) is 5.57. The van der Waals surface area contributed by atoms with Gasteiger partial charge in [-0.15, -0.1) is 0 Å². The van der Waals surface area contributed by atoms with E-state index in [-0.39, 0.29) is 0 Å². The van der Waals surface area contributed by atoms with Crippen LogP contribution in [0.1, 0.15) is 23.3 Å². The van der Waals surface area contributed by atoms with E-state index in [1.165, 1.54) is 0 Å². The van der Waals surface area contributed by atoms with Crippen LogP contribution in [0.4, 0.5) is 0 Å². The number of aliphatic hydroxyl groups excluding tert-OH is 2. The molecule has 0 aliphatic heterocycles. The van der Waals surface area contributed by atoms with Crippen LogP contribution in [-0.4, -0.2) is 23.3 Å². The van der Waals surface area contributed by atoms with Crippen molar-refractivity contribution < 1.29 is 10.2 Å². The molecule has 4 heteroatoms. The molecule has 2 aromatic rings. The van der Waals surface area contributed by atoms with Crippen LogP contribution in [0.2, 0.25) is 0 Å². The van der Waals surface area contributed by atoms with Crippen LogP contribution < -0.4 is 5.32 Å². The smallest absolute Gasteiger partial charge is 0.0914 e. The van der Waals surface area contributed by atoms with Crippen LogP contribution in [0.3, 0.4) is 0 Å². The van der Waals surface area contributed by atoms with Gasteiger partial charge in [0.25, 0.3) is 0 Å². The molecular weight excluding hydrogens is 318 g/mol. The Balaban J connectivity index is 1.81. The number of nitrogens with one attached hydrogen (secondary N) is 1. The Morgan fingerprint density at radius 1 is 0.850 bits per heavy atom. The van der Waals surface area contributed by atoms with E-state index < -0.39 is 12.2 Å². The van der Waals surface area contributed by atoms with Crippen molar-refractivity contribution in [2.75, 3.05) is 13.1 Å². The Morgan fingerprint density at radius 2 is 1.45 bits per heavy atom. The third kappa shape index (κ3) is 4.42. The first kappa shape index (κ1) is 15.2. The SMILES string of the molecule is OC(CNCC(O)c1cccc(Br)c1)c1ccccc1. The van der Waals surface area contributed by atoms with Crippen molar-refractivity contribution in [3.63, 3.8) is 0 Å². The number of benzene rings is 2. The summed E-state index contributed by atoms with van der Waals surface area (Å²) in [4.78, 5) is 0.